The van der Waals surface area contributed by atoms with Gasteiger partial charge in [0, 0.05) is 26.4 Å². The van der Waals surface area contributed by atoms with Gasteiger partial charge in [-0.2, -0.15) is 0 Å². The third kappa shape index (κ3) is 7.22. The molecule has 1 N–H and O–H groups in total. The zero-order valence-electron chi connectivity index (χ0n) is 13.2. The summed E-state index contributed by atoms with van der Waals surface area (Å²) in [7, 11) is 1.70. The molecule has 0 radical (unpaired) electrons. The summed E-state index contributed by atoms with van der Waals surface area (Å²) in [5.74, 6) is -0.166. The Morgan fingerprint density at radius 3 is 2.60 bits per heavy atom. The summed E-state index contributed by atoms with van der Waals surface area (Å²) < 4.78 is 16.0. The van der Waals surface area contributed by atoms with E-state index in [1.807, 2.05) is 20.8 Å². The first-order valence-electron chi connectivity index (χ1n) is 7.54. The molecule has 0 heterocycles. The van der Waals surface area contributed by atoms with Crippen LogP contribution in [0.25, 0.3) is 0 Å². The maximum atomic E-state index is 11.8. The molecule has 0 saturated heterocycles. The van der Waals surface area contributed by atoms with Crippen LogP contribution in [-0.2, 0) is 19.0 Å². The van der Waals surface area contributed by atoms with E-state index < -0.39 is 0 Å². The van der Waals surface area contributed by atoms with Crippen molar-refractivity contribution < 1.29 is 19.0 Å². The highest BCUT2D eigenvalue weighted by Crippen LogP contribution is 2.20. The minimum atomic E-state index is -0.238. The van der Waals surface area contributed by atoms with Crippen LogP contribution < -0.4 is 5.32 Å². The Hall–Kier alpha value is -0.650. The van der Waals surface area contributed by atoms with Gasteiger partial charge in [-0.15, -0.1) is 0 Å². The van der Waals surface area contributed by atoms with Crippen LogP contribution in [0, 0.1) is 0 Å². The van der Waals surface area contributed by atoms with Crippen LogP contribution in [0.5, 0.6) is 0 Å². The van der Waals surface area contributed by atoms with E-state index in [9.17, 15) is 4.79 Å². The molecule has 118 valence electrons. The number of hydrogen-bond acceptors (Lipinski definition) is 5. The summed E-state index contributed by atoms with van der Waals surface area (Å²) in [6, 6.07) is 0.245. The van der Waals surface area contributed by atoms with Gasteiger partial charge in [-0.3, -0.25) is 4.79 Å². The van der Waals surface area contributed by atoms with Gasteiger partial charge in [0.15, 0.2) is 0 Å². The number of ether oxygens (including phenoxy) is 3. The molecule has 0 aliphatic heterocycles. The second-order valence-corrected chi connectivity index (χ2v) is 5.86. The molecule has 1 rings (SSSR count). The molecular weight excluding hydrogens is 258 g/mol. The van der Waals surface area contributed by atoms with Gasteiger partial charge in [0.05, 0.1) is 12.2 Å². The van der Waals surface area contributed by atoms with Crippen molar-refractivity contribution >= 4 is 5.97 Å². The van der Waals surface area contributed by atoms with Crippen LogP contribution in [0.1, 0.15) is 46.5 Å². The van der Waals surface area contributed by atoms with E-state index in [4.69, 9.17) is 14.2 Å². The van der Waals surface area contributed by atoms with Crippen LogP contribution >= 0.6 is 0 Å². The number of carbonyl (C=O) groups excluding carboxylic acids is 1. The molecule has 1 saturated carbocycles. The normalized spacial score (nSPS) is 17.0. The minimum absolute atomic E-state index is 0.160. The molecule has 1 unspecified atom stereocenters. The van der Waals surface area contributed by atoms with Crippen LogP contribution in [0.2, 0.25) is 0 Å². The van der Waals surface area contributed by atoms with Crippen molar-refractivity contribution in [3.05, 3.63) is 0 Å². The molecular formula is C15H29NO4. The second kappa shape index (κ2) is 8.60. The topological polar surface area (TPSA) is 56.8 Å². The molecule has 0 amide bonds. The third-order valence-corrected chi connectivity index (χ3v) is 3.54. The molecule has 1 aliphatic rings. The van der Waals surface area contributed by atoms with E-state index in [-0.39, 0.29) is 17.6 Å². The quantitative estimate of drug-likeness (QED) is 0.464. The van der Waals surface area contributed by atoms with E-state index in [1.165, 1.54) is 0 Å². The highest BCUT2D eigenvalue weighted by molar-refractivity contribution is 5.75. The Kier molecular flexibility index (Phi) is 7.48. The zero-order chi connectivity index (χ0) is 15.0. The average molecular weight is 287 g/mol. The molecule has 5 heteroatoms. The van der Waals surface area contributed by atoms with Gasteiger partial charge in [0.25, 0.3) is 0 Å². The zero-order valence-corrected chi connectivity index (χ0v) is 13.2. The van der Waals surface area contributed by atoms with Crippen molar-refractivity contribution in [2.45, 2.75) is 64.1 Å². The molecule has 0 aromatic carbocycles. The van der Waals surface area contributed by atoms with E-state index in [0.717, 1.165) is 19.3 Å². The Labute approximate surface area is 122 Å². The lowest BCUT2D eigenvalue weighted by atomic mass is 10.1. The number of rotatable bonds is 11. The molecule has 5 nitrogen and oxygen atoms in total. The summed E-state index contributed by atoms with van der Waals surface area (Å²) in [5.41, 5.74) is -0.160. The Morgan fingerprint density at radius 2 is 2.05 bits per heavy atom. The fourth-order valence-electron chi connectivity index (χ4n) is 1.77. The Balaban J connectivity index is 2.19. The average Bonchev–Trinajstić information content (AvgIpc) is 3.21. The summed E-state index contributed by atoms with van der Waals surface area (Å²) >= 11 is 0. The first kappa shape index (κ1) is 17.4. The molecule has 0 aromatic heterocycles. The summed E-state index contributed by atoms with van der Waals surface area (Å²) in [5, 5.41) is 3.31. The smallest absolute Gasteiger partial charge is 0.323 e. The van der Waals surface area contributed by atoms with Gasteiger partial charge in [-0.05, 0) is 46.5 Å². The largest absolute Gasteiger partial charge is 0.465 e. The number of carbonyl (C=O) groups is 1. The summed E-state index contributed by atoms with van der Waals surface area (Å²) in [6.45, 7) is 7.52. The van der Waals surface area contributed by atoms with Crippen molar-refractivity contribution in [2.24, 2.45) is 0 Å². The van der Waals surface area contributed by atoms with Gasteiger partial charge in [0.2, 0.25) is 0 Å². The minimum Gasteiger partial charge on any atom is -0.465 e. The van der Waals surface area contributed by atoms with Crippen LogP contribution in [0.15, 0.2) is 0 Å². The van der Waals surface area contributed by atoms with Gasteiger partial charge < -0.3 is 19.5 Å². The maximum Gasteiger partial charge on any atom is 0.323 e. The number of nitrogens with one attached hydrogen (secondary N) is 1. The molecule has 1 atom stereocenters. The predicted molar refractivity (Wildman–Crippen MR) is 77.7 cm³/mol. The van der Waals surface area contributed by atoms with Crippen molar-refractivity contribution in [1.29, 1.82) is 0 Å². The van der Waals surface area contributed by atoms with E-state index in [1.54, 1.807) is 7.11 Å². The van der Waals surface area contributed by atoms with Crippen molar-refractivity contribution in [2.75, 3.05) is 26.9 Å². The number of methoxy groups -OCH3 is 1. The van der Waals surface area contributed by atoms with Crippen LogP contribution in [0.3, 0.4) is 0 Å². The lowest BCUT2D eigenvalue weighted by Crippen LogP contribution is -2.40. The van der Waals surface area contributed by atoms with Gasteiger partial charge in [0.1, 0.15) is 6.04 Å². The summed E-state index contributed by atoms with van der Waals surface area (Å²) in [6.07, 6.45) is 3.80. The SMILES string of the molecule is CCOC(=O)C(CCOCCC(C)(C)OC)NC1CC1. The van der Waals surface area contributed by atoms with Crippen LogP contribution in [0.4, 0.5) is 0 Å². The van der Waals surface area contributed by atoms with Crippen molar-refractivity contribution in [1.82, 2.24) is 5.32 Å². The fourth-order valence-corrected chi connectivity index (χ4v) is 1.77. The maximum absolute atomic E-state index is 11.8. The Bertz CT molecular complexity index is 290. The van der Waals surface area contributed by atoms with Crippen LogP contribution in [-0.4, -0.2) is 50.6 Å². The first-order chi connectivity index (χ1) is 9.48. The lowest BCUT2D eigenvalue weighted by molar-refractivity contribution is -0.146. The Morgan fingerprint density at radius 1 is 1.35 bits per heavy atom. The first-order valence-corrected chi connectivity index (χ1v) is 7.54. The van der Waals surface area contributed by atoms with E-state index in [2.05, 4.69) is 5.32 Å². The number of hydrogen-bond donors (Lipinski definition) is 1. The molecule has 0 bridgehead atoms. The third-order valence-electron chi connectivity index (χ3n) is 3.54. The predicted octanol–water partition coefficient (Wildman–Crippen LogP) is 1.89. The van der Waals surface area contributed by atoms with Gasteiger partial charge in [-0.1, -0.05) is 0 Å². The molecule has 1 aliphatic carbocycles. The molecule has 0 spiro atoms. The standard InChI is InChI=1S/C15H29NO4/c1-5-20-14(17)13(16-12-6-7-12)8-10-19-11-9-15(2,3)18-4/h12-13,16H,5-11H2,1-4H3. The lowest BCUT2D eigenvalue weighted by Gasteiger charge is -2.23. The van der Waals surface area contributed by atoms with Gasteiger partial charge >= 0.3 is 5.97 Å². The van der Waals surface area contributed by atoms with E-state index in [0.29, 0.717) is 32.3 Å². The fraction of sp³-hybridized carbons (Fsp3) is 0.933. The van der Waals surface area contributed by atoms with Crippen molar-refractivity contribution in [3.63, 3.8) is 0 Å². The van der Waals surface area contributed by atoms with E-state index >= 15 is 0 Å². The number of esters is 1. The highest BCUT2D eigenvalue weighted by atomic mass is 16.5. The van der Waals surface area contributed by atoms with Gasteiger partial charge in [-0.25, -0.2) is 0 Å². The molecule has 1 fully saturated rings. The highest BCUT2D eigenvalue weighted by Gasteiger charge is 2.29. The molecule has 20 heavy (non-hydrogen) atoms. The summed E-state index contributed by atoms with van der Waals surface area (Å²) in [4.78, 5) is 11.8. The second-order valence-electron chi connectivity index (χ2n) is 5.86. The monoisotopic (exact) mass is 287 g/mol. The van der Waals surface area contributed by atoms with Crippen molar-refractivity contribution in [3.8, 4) is 0 Å². The molecule has 0 aromatic rings.